The van der Waals surface area contributed by atoms with Gasteiger partial charge in [0.05, 0.1) is 16.6 Å². The highest BCUT2D eigenvalue weighted by molar-refractivity contribution is 6.06. The molecule has 1 amide bonds. The Morgan fingerprint density at radius 3 is 2.87 bits per heavy atom. The summed E-state index contributed by atoms with van der Waals surface area (Å²) in [6.45, 7) is 1.78. The van der Waals surface area contributed by atoms with Crippen molar-refractivity contribution in [3.8, 4) is 0 Å². The number of carbonyl (C=O) groups excluding carboxylic acids is 1. The number of benzene rings is 1. The molecule has 7 nitrogen and oxygen atoms in total. The third kappa shape index (κ3) is 3.24. The van der Waals surface area contributed by atoms with Gasteiger partial charge in [0.2, 0.25) is 0 Å². The van der Waals surface area contributed by atoms with Gasteiger partial charge in [0.25, 0.3) is 11.6 Å². The quantitative estimate of drug-likeness (QED) is 0.546. The smallest absolute Gasteiger partial charge is 0.259 e. The minimum absolute atomic E-state index is 0.312. The average molecular weight is 405 g/mol. The SMILES string of the molecule is Cc1noc2nc(C3CC3)cc(C(=O)NC(c3cccc(F)c3)c3nccn3C)c12. The zero-order valence-electron chi connectivity index (χ0n) is 16.6. The zero-order valence-corrected chi connectivity index (χ0v) is 16.6. The number of hydrogen-bond acceptors (Lipinski definition) is 5. The summed E-state index contributed by atoms with van der Waals surface area (Å²) in [7, 11) is 1.83. The maximum absolute atomic E-state index is 13.9. The van der Waals surface area contributed by atoms with E-state index in [1.165, 1.54) is 12.1 Å². The number of carbonyl (C=O) groups is 1. The molecule has 1 aliphatic carbocycles. The van der Waals surface area contributed by atoms with Crippen molar-refractivity contribution in [2.75, 3.05) is 0 Å². The number of nitrogens with zero attached hydrogens (tertiary/aromatic N) is 4. The van der Waals surface area contributed by atoms with Gasteiger partial charge in [-0.25, -0.2) is 14.4 Å². The second-order valence-corrected chi connectivity index (χ2v) is 7.67. The summed E-state index contributed by atoms with van der Waals surface area (Å²) < 4.78 is 21.1. The van der Waals surface area contributed by atoms with Gasteiger partial charge in [0.15, 0.2) is 0 Å². The summed E-state index contributed by atoms with van der Waals surface area (Å²) in [4.78, 5) is 22.4. The highest BCUT2D eigenvalue weighted by Gasteiger charge is 2.30. The van der Waals surface area contributed by atoms with Crippen molar-refractivity contribution in [2.24, 2.45) is 7.05 Å². The lowest BCUT2D eigenvalue weighted by molar-refractivity contribution is 0.0942. The molecule has 5 rings (SSSR count). The first-order chi connectivity index (χ1) is 14.5. The zero-order chi connectivity index (χ0) is 20.8. The number of pyridine rings is 1. The second kappa shape index (κ2) is 7.05. The topological polar surface area (TPSA) is 85.8 Å². The van der Waals surface area contributed by atoms with Crippen LogP contribution in [0.5, 0.6) is 0 Å². The van der Waals surface area contributed by atoms with Crippen LogP contribution in [0.4, 0.5) is 4.39 Å². The Morgan fingerprint density at radius 2 is 2.17 bits per heavy atom. The molecule has 1 saturated carbocycles. The Hall–Kier alpha value is -3.55. The summed E-state index contributed by atoms with van der Waals surface area (Å²) >= 11 is 0. The molecule has 0 spiro atoms. The van der Waals surface area contributed by atoms with Crippen LogP contribution in [0.2, 0.25) is 0 Å². The fraction of sp³-hybridized carbons (Fsp3) is 0.273. The monoisotopic (exact) mass is 405 g/mol. The predicted octanol–water partition coefficient (Wildman–Crippen LogP) is 3.80. The van der Waals surface area contributed by atoms with Gasteiger partial charge in [-0.1, -0.05) is 17.3 Å². The van der Waals surface area contributed by atoms with Crippen LogP contribution in [-0.2, 0) is 7.05 Å². The molecule has 1 unspecified atom stereocenters. The standard InChI is InChI=1S/C22H20FN5O2/c1-12-18-16(11-17(13-6-7-13)25-22(18)30-27-12)21(29)26-19(20-24-8-9-28(20)2)14-4-3-5-15(23)10-14/h3-5,8-11,13,19H,6-7H2,1-2H3,(H,26,29). The number of aromatic nitrogens is 4. The van der Waals surface area contributed by atoms with Crippen molar-refractivity contribution in [3.05, 3.63) is 76.9 Å². The van der Waals surface area contributed by atoms with E-state index in [1.807, 2.05) is 13.1 Å². The van der Waals surface area contributed by atoms with Crippen molar-refractivity contribution in [1.82, 2.24) is 25.0 Å². The van der Waals surface area contributed by atoms with Crippen LogP contribution >= 0.6 is 0 Å². The largest absolute Gasteiger partial charge is 0.338 e. The van der Waals surface area contributed by atoms with Crippen LogP contribution < -0.4 is 5.32 Å². The molecule has 152 valence electrons. The first-order valence-electron chi connectivity index (χ1n) is 9.81. The number of amides is 1. The molecule has 0 bridgehead atoms. The molecule has 1 N–H and O–H groups in total. The third-order valence-electron chi connectivity index (χ3n) is 5.45. The lowest BCUT2D eigenvalue weighted by Gasteiger charge is -2.20. The van der Waals surface area contributed by atoms with Crippen LogP contribution in [0.15, 0.2) is 47.2 Å². The molecule has 3 aromatic heterocycles. The van der Waals surface area contributed by atoms with E-state index in [0.29, 0.717) is 39.7 Å². The fourth-order valence-electron chi connectivity index (χ4n) is 3.73. The minimum atomic E-state index is -0.624. The van der Waals surface area contributed by atoms with E-state index < -0.39 is 6.04 Å². The lowest BCUT2D eigenvalue weighted by atomic mass is 10.0. The highest BCUT2D eigenvalue weighted by Crippen LogP contribution is 2.40. The number of rotatable bonds is 5. The van der Waals surface area contributed by atoms with E-state index in [9.17, 15) is 9.18 Å². The Bertz CT molecular complexity index is 1260. The van der Waals surface area contributed by atoms with E-state index in [2.05, 4.69) is 20.4 Å². The van der Waals surface area contributed by atoms with Crippen molar-refractivity contribution < 1.29 is 13.7 Å². The van der Waals surface area contributed by atoms with Gasteiger partial charge in [-0.05, 0) is 43.5 Å². The van der Waals surface area contributed by atoms with Crippen molar-refractivity contribution in [1.29, 1.82) is 0 Å². The van der Waals surface area contributed by atoms with Gasteiger partial charge < -0.3 is 14.4 Å². The van der Waals surface area contributed by atoms with Crippen LogP contribution in [0, 0.1) is 12.7 Å². The lowest BCUT2D eigenvalue weighted by Crippen LogP contribution is -2.31. The van der Waals surface area contributed by atoms with E-state index in [-0.39, 0.29) is 11.7 Å². The first-order valence-corrected chi connectivity index (χ1v) is 9.81. The molecule has 3 heterocycles. The van der Waals surface area contributed by atoms with Gasteiger partial charge in [0, 0.05) is 31.1 Å². The van der Waals surface area contributed by atoms with E-state index in [1.54, 1.807) is 36.0 Å². The molecule has 0 radical (unpaired) electrons. The van der Waals surface area contributed by atoms with Crippen molar-refractivity contribution >= 4 is 17.0 Å². The second-order valence-electron chi connectivity index (χ2n) is 7.67. The minimum Gasteiger partial charge on any atom is -0.338 e. The molecule has 8 heteroatoms. The summed E-state index contributed by atoms with van der Waals surface area (Å²) in [5, 5.41) is 7.61. The summed E-state index contributed by atoms with van der Waals surface area (Å²) in [5.41, 5.74) is 2.86. The van der Waals surface area contributed by atoms with Gasteiger partial charge in [0.1, 0.15) is 17.7 Å². The number of hydrogen-bond donors (Lipinski definition) is 1. The van der Waals surface area contributed by atoms with Crippen LogP contribution in [0.25, 0.3) is 11.1 Å². The Kier molecular flexibility index (Phi) is 4.34. The molecular weight excluding hydrogens is 385 g/mol. The Labute approximate surface area is 171 Å². The van der Waals surface area contributed by atoms with Crippen LogP contribution in [-0.4, -0.2) is 25.6 Å². The number of halogens is 1. The van der Waals surface area contributed by atoms with Gasteiger partial charge in [-0.3, -0.25) is 4.79 Å². The first kappa shape index (κ1) is 18.5. The van der Waals surface area contributed by atoms with Crippen LogP contribution in [0.1, 0.15) is 57.9 Å². The molecular formula is C22H20FN5O2. The van der Waals surface area contributed by atoms with Gasteiger partial charge in [-0.15, -0.1) is 0 Å². The average Bonchev–Trinajstić information content (AvgIpc) is 3.41. The number of imidazole rings is 1. The molecule has 0 saturated heterocycles. The number of nitrogens with one attached hydrogen (secondary N) is 1. The fourth-order valence-corrected chi connectivity index (χ4v) is 3.73. The predicted molar refractivity (Wildman–Crippen MR) is 107 cm³/mol. The van der Waals surface area contributed by atoms with Crippen molar-refractivity contribution in [3.63, 3.8) is 0 Å². The maximum Gasteiger partial charge on any atom is 0.259 e. The van der Waals surface area contributed by atoms with E-state index >= 15 is 0 Å². The molecule has 4 aromatic rings. The van der Waals surface area contributed by atoms with Gasteiger partial charge in [-0.2, -0.15) is 0 Å². The number of aryl methyl sites for hydroxylation is 2. The maximum atomic E-state index is 13.9. The van der Waals surface area contributed by atoms with Gasteiger partial charge >= 0.3 is 0 Å². The van der Waals surface area contributed by atoms with E-state index in [4.69, 9.17) is 4.52 Å². The molecule has 1 aliphatic rings. The highest BCUT2D eigenvalue weighted by atomic mass is 19.1. The molecule has 0 aliphatic heterocycles. The van der Waals surface area contributed by atoms with E-state index in [0.717, 1.165) is 18.5 Å². The summed E-state index contributed by atoms with van der Waals surface area (Å²) in [6.07, 6.45) is 5.53. The molecule has 1 atom stereocenters. The molecule has 1 fully saturated rings. The van der Waals surface area contributed by atoms with Crippen LogP contribution in [0.3, 0.4) is 0 Å². The number of fused-ring (bicyclic) bond motifs is 1. The summed E-state index contributed by atoms with van der Waals surface area (Å²) in [5.74, 6) is 0.259. The summed E-state index contributed by atoms with van der Waals surface area (Å²) in [6, 6.07) is 7.36. The third-order valence-corrected chi connectivity index (χ3v) is 5.45. The molecule has 30 heavy (non-hydrogen) atoms. The Balaban J connectivity index is 1.58. The normalized spacial score (nSPS) is 14.8. The van der Waals surface area contributed by atoms with Crippen molar-refractivity contribution in [2.45, 2.75) is 31.7 Å². The molecule has 1 aromatic carbocycles. The Morgan fingerprint density at radius 1 is 1.33 bits per heavy atom.